The number of allylic oxidation sites excluding steroid dienone is 8. The molecule has 5 heteroatoms. The van der Waals surface area contributed by atoms with Gasteiger partial charge in [0.2, 0.25) is 17.2 Å². The van der Waals surface area contributed by atoms with E-state index in [0.29, 0.717) is 11.3 Å². The molecule has 0 bridgehead atoms. The highest BCUT2D eigenvalue weighted by atomic mass is 16.6. The van der Waals surface area contributed by atoms with Gasteiger partial charge in [0.1, 0.15) is 12.0 Å². The fraction of sp³-hybridized carbons (Fsp3) is 0.211. The van der Waals surface area contributed by atoms with E-state index in [4.69, 9.17) is 9.47 Å². The van der Waals surface area contributed by atoms with Crippen molar-refractivity contribution in [3.63, 3.8) is 0 Å². The fourth-order valence-corrected chi connectivity index (χ4v) is 2.27. The van der Waals surface area contributed by atoms with Gasteiger partial charge in [0, 0.05) is 6.92 Å². The summed E-state index contributed by atoms with van der Waals surface area (Å²) in [6.45, 7) is 4.36. The number of carbonyl (C=O) groups excluding carboxylic acids is 3. The summed E-state index contributed by atoms with van der Waals surface area (Å²) >= 11 is 0. The Labute approximate surface area is 140 Å². The van der Waals surface area contributed by atoms with Crippen LogP contribution in [0.15, 0.2) is 71.8 Å². The summed E-state index contributed by atoms with van der Waals surface area (Å²) < 4.78 is 10.4. The third-order valence-corrected chi connectivity index (χ3v) is 3.49. The fourth-order valence-electron chi connectivity index (χ4n) is 2.27. The molecule has 1 heterocycles. The van der Waals surface area contributed by atoms with E-state index < -0.39 is 23.1 Å². The largest absolute Gasteiger partial charge is 0.464 e. The van der Waals surface area contributed by atoms with Crippen molar-refractivity contribution >= 4 is 17.5 Å². The van der Waals surface area contributed by atoms with Gasteiger partial charge in [0.05, 0.1) is 5.57 Å². The molecule has 1 aliphatic carbocycles. The smallest absolute Gasteiger partial charge is 0.304 e. The predicted octanol–water partition coefficient (Wildman–Crippen LogP) is 2.87. The Morgan fingerprint density at radius 2 is 1.88 bits per heavy atom. The number of carbonyl (C=O) groups is 3. The van der Waals surface area contributed by atoms with Crippen LogP contribution < -0.4 is 0 Å². The maximum atomic E-state index is 12.5. The molecular formula is C19H18O5. The Kier molecular flexibility index (Phi) is 5.14. The topological polar surface area (TPSA) is 69.7 Å². The zero-order valence-corrected chi connectivity index (χ0v) is 13.7. The Morgan fingerprint density at radius 3 is 2.54 bits per heavy atom. The van der Waals surface area contributed by atoms with Gasteiger partial charge in [-0.2, -0.15) is 0 Å². The van der Waals surface area contributed by atoms with Crippen molar-refractivity contribution in [3.05, 3.63) is 71.8 Å². The molecule has 2 rings (SSSR count). The Balaban J connectivity index is 2.26. The molecule has 1 atom stereocenters. The second-order valence-corrected chi connectivity index (χ2v) is 5.39. The monoisotopic (exact) mass is 326 g/mol. The SMILES string of the molecule is C/C=C/C=C/C=C/C1=CC2=CC(=O)[C@](C)(OC(C)=O)C(=O)C2=CO1. The number of hydrogen-bond acceptors (Lipinski definition) is 5. The molecule has 0 aromatic rings. The maximum absolute atomic E-state index is 12.5. The van der Waals surface area contributed by atoms with E-state index in [-0.39, 0.29) is 5.57 Å². The average Bonchev–Trinajstić information content (AvgIpc) is 2.52. The molecule has 1 aliphatic heterocycles. The number of rotatable bonds is 4. The second-order valence-electron chi connectivity index (χ2n) is 5.39. The van der Waals surface area contributed by atoms with Crippen molar-refractivity contribution in [2.24, 2.45) is 0 Å². The van der Waals surface area contributed by atoms with Crippen LogP contribution in [-0.4, -0.2) is 23.1 Å². The summed E-state index contributed by atoms with van der Waals surface area (Å²) in [6.07, 6.45) is 15.1. The van der Waals surface area contributed by atoms with E-state index in [1.165, 1.54) is 19.3 Å². The lowest BCUT2D eigenvalue weighted by atomic mass is 9.80. The minimum absolute atomic E-state index is 0.208. The molecule has 0 amide bonds. The molecule has 0 unspecified atom stereocenters. The highest BCUT2D eigenvalue weighted by Gasteiger charge is 2.48. The first-order valence-electron chi connectivity index (χ1n) is 7.44. The number of esters is 1. The van der Waals surface area contributed by atoms with Gasteiger partial charge < -0.3 is 9.47 Å². The van der Waals surface area contributed by atoms with Crippen LogP contribution in [0, 0.1) is 0 Å². The van der Waals surface area contributed by atoms with Gasteiger partial charge in [0.15, 0.2) is 0 Å². The molecule has 0 radical (unpaired) electrons. The molecule has 24 heavy (non-hydrogen) atoms. The molecular weight excluding hydrogens is 308 g/mol. The lowest BCUT2D eigenvalue weighted by molar-refractivity contribution is -0.167. The normalized spacial score (nSPS) is 23.9. The van der Waals surface area contributed by atoms with Crippen molar-refractivity contribution in [1.29, 1.82) is 0 Å². The molecule has 0 aromatic heterocycles. The Morgan fingerprint density at radius 1 is 1.17 bits per heavy atom. The second kappa shape index (κ2) is 7.08. The van der Waals surface area contributed by atoms with Gasteiger partial charge in [0.25, 0.3) is 0 Å². The summed E-state index contributed by atoms with van der Waals surface area (Å²) in [7, 11) is 0. The predicted molar refractivity (Wildman–Crippen MR) is 88.6 cm³/mol. The van der Waals surface area contributed by atoms with Crippen molar-refractivity contribution in [1.82, 2.24) is 0 Å². The third kappa shape index (κ3) is 3.51. The molecule has 0 aromatic carbocycles. The zero-order chi connectivity index (χ0) is 17.7. The average molecular weight is 326 g/mol. The van der Waals surface area contributed by atoms with Gasteiger partial charge in [-0.15, -0.1) is 0 Å². The Bertz CT molecular complexity index is 759. The van der Waals surface area contributed by atoms with E-state index in [1.807, 2.05) is 31.2 Å². The number of hydrogen-bond donors (Lipinski definition) is 0. The van der Waals surface area contributed by atoms with Crippen molar-refractivity contribution in [2.75, 3.05) is 0 Å². The standard InChI is InChI=1S/C19H18O5/c1-4-5-6-7-8-9-15-10-14-11-17(21)19(3,24-13(2)20)18(22)16(14)12-23-15/h4-12H,1-3H3/b5-4+,7-6+,9-8+/t19-/m0/s1. The highest BCUT2D eigenvalue weighted by Crippen LogP contribution is 2.33. The van der Waals surface area contributed by atoms with Gasteiger partial charge in [-0.05, 0) is 37.6 Å². The first-order chi connectivity index (χ1) is 11.4. The van der Waals surface area contributed by atoms with Crippen molar-refractivity contribution in [2.45, 2.75) is 26.4 Å². The number of ether oxygens (including phenoxy) is 2. The quantitative estimate of drug-likeness (QED) is 0.451. The highest BCUT2D eigenvalue weighted by molar-refractivity contribution is 6.26. The number of fused-ring (bicyclic) bond motifs is 1. The van der Waals surface area contributed by atoms with Crippen LogP contribution in [-0.2, 0) is 23.9 Å². The Hall–Kier alpha value is -2.95. The van der Waals surface area contributed by atoms with Gasteiger partial charge in [-0.1, -0.05) is 30.4 Å². The molecule has 0 saturated heterocycles. The van der Waals surface area contributed by atoms with Crippen molar-refractivity contribution in [3.8, 4) is 0 Å². The molecule has 124 valence electrons. The molecule has 2 aliphatic rings. The molecule has 0 fully saturated rings. The molecule has 0 spiro atoms. The van der Waals surface area contributed by atoms with Crippen LogP contribution >= 0.6 is 0 Å². The van der Waals surface area contributed by atoms with E-state index in [2.05, 4.69) is 0 Å². The zero-order valence-electron chi connectivity index (χ0n) is 13.7. The molecule has 5 nitrogen and oxygen atoms in total. The van der Waals surface area contributed by atoms with Crippen LogP contribution in [0.5, 0.6) is 0 Å². The summed E-state index contributed by atoms with van der Waals surface area (Å²) in [4.78, 5) is 35.9. The summed E-state index contributed by atoms with van der Waals surface area (Å²) in [5.74, 6) is -1.36. The van der Waals surface area contributed by atoms with E-state index in [9.17, 15) is 14.4 Å². The van der Waals surface area contributed by atoms with Crippen LogP contribution in [0.4, 0.5) is 0 Å². The third-order valence-electron chi connectivity index (χ3n) is 3.49. The lowest BCUT2D eigenvalue weighted by Crippen LogP contribution is -2.50. The van der Waals surface area contributed by atoms with E-state index >= 15 is 0 Å². The minimum Gasteiger partial charge on any atom is -0.464 e. The first kappa shape index (κ1) is 17.4. The minimum atomic E-state index is -1.83. The lowest BCUT2D eigenvalue weighted by Gasteiger charge is -2.30. The summed E-state index contributed by atoms with van der Waals surface area (Å²) in [5.41, 5.74) is -1.18. The first-order valence-corrected chi connectivity index (χ1v) is 7.44. The maximum Gasteiger partial charge on any atom is 0.304 e. The van der Waals surface area contributed by atoms with Crippen LogP contribution in [0.1, 0.15) is 20.8 Å². The van der Waals surface area contributed by atoms with Crippen molar-refractivity contribution < 1.29 is 23.9 Å². The number of Topliss-reactive ketones (excluding diaryl/α,β-unsaturated/α-hetero) is 1. The molecule has 0 saturated carbocycles. The van der Waals surface area contributed by atoms with Crippen LogP contribution in [0.3, 0.4) is 0 Å². The summed E-state index contributed by atoms with van der Waals surface area (Å²) in [5, 5.41) is 0. The summed E-state index contributed by atoms with van der Waals surface area (Å²) in [6, 6.07) is 0. The van der Waals surface area contributed by atoms with Gasteiger partial charge in [-0.3, -0.25) is 14.4 Å². The van der Waals surface area contributed by atoms with Gasteiger partial charge in [-0.25, -0.2) is 0 Å². The van der Waals surface area contributed by atoms with E-state index in [0.717, 1.165) is 6.92 Å². The van der Waals surface area contributed by atoms with Crippen LogP contribution in [0.25, 0.3) is 0 Å². The van der Waals surface area contributed by atoms with Crippen LogP contribution in [0.2, 0.25) is 0 Å². The molecule has 0 N–H and O–H groups in total. The van der Waals surface area contributed by atoms with E-state index in [1.54, 1.807) is 18.2 Å². The van der Waals surface area contributed by atoms with Gasteiger partial charge >= 0.3 is 5.97 Å². The number of ketones is 2.